The zero-order chi connectivity index (χ0) is 18.4. The minimum Gasteiger partial charge on any atom is -0.487 e. The highest BCUT2D eigenvalue weighted by atomic mass is 16.5. The maximum Gasteiger partial charge on any atom is 0.130 e. The maximum atomic E-state index is 6.03. The SMILES string of the molecule is Cc1cc(CNCC2CCN(C)CC2)cc(C)c1OCc1ccccn1. The third-order valence-electron chi connectivity index (χ3n) is 5.21. The summed E-state index contributed by atoms with van der Waals surface area (Å²) in [5.74, 6) is 1.80. The predicted octanol–water partition coefficient (Wildman–Crippen LogP) is 3.71. The molecule has 0 radical (unpaired) electrons. The largest absolute Gasteiger partial charge is 0.487 e. The predicted molar refractivity (Wildman–Crippen MR) is 106 cm³/mol. The van der Waals surface area contributed by atoms with Crippen LogP contribution in [0, 0.1) is 19.8 Å². The number of aromatic nitrogens is 1. The van der Waals surface area contributed by atoms with E-state index >= 15 is 0 Å². The lowest BCUT2D eigenvalue weighted by molar-refractivity contribution is 0.216. The summed E-state index contributed by atoms with van der Waals surface area (Å²) in [5, 5.41) is 3.65. The van der Waals surface area contributed by atoms with Crippen LogP contribution in [0.3, 0.4) is 0 Å². The number of benzene rings is 1. The first-order valence-electron chi connectivity index (χ1n) is 9.64. The van der Waals surface area contributed by atoms with E-state index in [1.807, 2.05) is 18.2 Å². The first-order chi connectivity index (χ1) is 12.6. The van der Waals surface area contributed by atoms with Gasteiger partial charge in [-0.2, -0.15) is 0 Å². The first kappa shape index (κ1) is 18.9. The van der Waals surface area contributed by atoms with Crippen molar-refractivity contribution in [3.8, 4) is 5.75 Å². The molecule has 1 N–H and O–H groups in total. The molecular formula is C22H31N3O. The van der Waals surface area contributed by atoms with Gasteiger partial charge in [0.2, 0.25) is 0 Å². The quantitative estimate of drug-likeness (QED) is 0.823. The number of hydrogen-bond donors (Lipinski definition) is 1. The summed E-state index contributed by atoms with van der Waals surface area (Å²) in [4.78, 5) is 6.75. The molecular weight excluding hydrogens is 322 g/mol. The Labute approximate surface area is 157 Å². The van der Waals surface area contributed by atoms with Gasteiger partial charge in [-0.25, -0.2) is 0 Å². The van der Waals surface area contributed by atoms with Gasteiger partial charge in [-0.15, -0.1) is 0 Å². The average molecular weight is 354 g/mol. The van der Waals surface area contributed by atoms with E-state index in [9.17, 15) is 0 Å². The van der Waals surface area contributed by atoms with Gasteiger partial charge in [0.15, 0.2) is 0 Å². The number of nitrogens with one attached hydrogen (secondary N) is 1. The molecule has 26 heavy (non-hydrogen) atoms. The van der Waals surface area contributed by atoms with Gasteiger partial charge in [-0.1, -0.05) is 18.2 Å². The van der Waals surface area contributed by atoms with E-state index in [2.05, 4.69) is 48.2 Å². The molecule has 1 aliphatic heterocycles. The van der Waals surface area contributed by atoms with Crippen molar-refractivity contribution in [2.24, 2.45) is 5.92 Å². The van der Waals surface area contributed by atoms with Gasteiger partial charge < -0.3 is 15.0 Å². The van der Waals surface area contributed by atoms with Gasteiger partial charge in [0, 0.05) is 12.7 Å². The zero-order valence-electron chi connectivity index (χ0n) is 16.3. The summed E-state index contributed by atoms with van der Waals surface area (Å²) >= 11 is 0. The van der Waals surface area contributed by atoms with E-state index in [1.165, 1.54) is 42.6 Å². The van der Waals surface area contributed by atoms with Crippen molar-refractivity contribution in [3.63, 3.8) is 0 Å². The summed E-state index contributed by atoms with van der Waals surface area (Å²) in [7, 11) is 2.21. The molecule has 2 aromatic rings. The van der Waals surface area contributed by atoms with Crippen molar-refractivity contribution in [3.05, 3.63) is 58.9 Å². The Morgan fingerprint density at radius 1 is 1.15 bits per heavy atom. The molecule has 3 rings (SSSR count). The van der Waals surface area contributed by atoms with Gasteiger partial charge in [0.25, 0.3) is 0 Å². The highest BCUT2D eigenvalue weighted by Crippen LogP contribution is 2.26. The van der Waals surface area contributed by atoms with Gasteiger partial charge in [0.1, 0.15) is 12.4 Å². The van der Waals surface area contributed by atoms with Crippen LogP contribution in [0.1, 0.15) is 35.2 Å². The summed E-state index contributed by atoms with van der Waals surface area (Å²) < 4.78 is 6.03. The van der Waals surface area contributed by atoms with Crippen LogP contribution in [0.4, 0.5) is 0 Å². The van der Waals surface area contributed by atoms with Crippen molar-refractivity contribution < 1.29 is 4.74 Å². The molecule has 1 aliphatic rings. The van der Waals surface area contributed by atoms with Crippen LogP contribution >= 0.6 is 0 Å². The molecule has 0 bridgehead atoms. The van der Waals surface area contributed by atoms with E-state index in [0.29, 0.717) is 6.61 Å². The highest BCUT2D eigenvalue weighted by Gasteiger charge is 2.16. The van der Waals surface area contributed by atoms with Gasteiger partial charge in [0.05, 0.1) is 5.69 Å². The zero-order valence-corrected chi connectivity index (χ0v) is 16.3. The molecule has 2 heterocycles. The van der Waals surface area contributed by atoms with Crippen LogP contribution < -0.4 is 10.1 Å². The van der Waals surface area contributed by atoms with E-state index in [-0.39, 0.29) is 0 Å². The van der Waals surface area contributed by atoms with Gasteiger partial charge >= 0.3 is 0 Å². The number of nitrogens with zero attached hydrogens (tertiary/aromatic N) is 2. The molecule has 4 nitrogen and oxygen atoms in total. The molecule has 0 saturated carbocycles. The third kappa shape index (κ3) is 5.29. The Hall–Kier alpha value is -1.91. The Morgan fingerprint density at radius 2 is 1.88 bits per heavy atom. The number of aryl methyl sites for hydroxylation is 2. The molecule has 1 fully saturated rings. The Kier molecular flexibility index (Phi) is 6.64. The summed E-state index contributed by atoms with van der Waals surface area (Å²) in [6.07, 6.45) is 4.42. The molecule has 140 valence electrons. The lowest BCUT2D eigenvalue weighted by atomic mass is 9.97. The number of rotatable bonds is 7. The van der Waals surface area contributed by atoms with Gasteiger partial charge in [-0.05, 0) is 88.1 Å². The van der Waals surface area contributed by atoms with Crippen LogP contribution in [0.15, 0.2) is 36.5 Å². The van der Waals surface area contributed by atoms with Crippen LogP contribution in [-0.4, -0.2) is 36.6 Å². The van der Waals surface area contributed by atoms with Crippen LogP contribution in [-0.2, 0) is 13.2 Å². The van der Waals surface area contributed by atoms with Crippen molar-refractivity contribution in [1.29, 1.82) is 0 Å². The van der Waals surface area contributed by atoms with E-state index < -0.39 is 0 Å². The van der Waals surface area contributed by atoms with Crippen LogP contribution in [0.5, 0.6) is 5.75 Å². The number of piperidine rings is 1. The molecule has 0 unspecified atom stereocenters. The lowest BCUT2D eigenvalue weighted by Crippen LogP contribution is -2.34. The minimum absolute atomic E-state index is 0.510. The summed E-state index contributed by atoms with van der Waals surface area (Å²) in [5.41, 5.74) is 4.67. The fourth-order valence-electron chi connectivity index (χ4n) is 3.69. The second-order valence-electron chi connectivity index (χ2n) is 7.55. The molecule has 4 heteroatoms. The number of likely N-dealkylation sites (tertiary alicyclic amines) is 1. The topological polar surface area (TPSA) is 37.4 Å². The molecule has 0 aliphatic carbocycles. The number of pyridine rings is 1. The van der Waals surface area contributed by atoms with Crippen molar-refractivity contribution >= 4 is 0 Å². The van der Waals surface area contributed by atoms with E-state index in [0.717, 1.165) is 30.5 Å². The molecule has 0 amide bonds. The molecule has 0 atom stereocenters. The fraction of sp³-hybridized carbons (Fsp3) is 0.500. The second kappa shape index (κ2) is 9.15. The van der Waals surface area contributed by atoms with Gasteiger partial charge in [-0.3, -0.25) is 4.98 Å². The Bertz CT molecular complexity index is 671. The lowest BCUT2D eigenvalue weighted by Gasteiger charge is -2.29. The Balaban J connectivity index is 1.51. The van der Waals surface area contributed by atoms with Crippen LogP contribution in [0.2, 0.25) is 0 Å². The van der Waals surface area contributed by atoms with Crippen LogP contribution in [0.25, 0.3) is 0 Å². The smallest absolute Gasteiger partial charge is 0.130 e. The number of ether oxygens (including phenoxy) is 1. The molecule has 1 aromatic carbocycles. The maximum absolute atomic E-state index is 6.03. The molecule has 1 saturated heterocycles. The second-order valence-corrected chi connectivity index (χ2v) is 7.55. The third-order valence-corrected chi connectivity index (χ3v) is 5.21. The monoisotopic (exact) mass is 353 g/mol. The normalized spacial score (nSPS) is 16.0. The average Bonchev–Trinajstić information content (AvgIpc) is 2.63. The summed E-state index contributed by atoms with van der Waals surface area (Å²) in [6, 6.07) is 10.4. The van der Waals surface area contributed by atoms with E-state index in [4.69, 9.17) is 4.74 Å². The fourth-order valence-corrected chi connectivity index (χ4v) is 3.69. The highest BCUT2D eigenvalue weighted by molar-refractivity contribution is 5.43. The van der Waals surface area contributed by atoms with E-state index in [1.54, 1.807) is 6.20 Å². The molecule has 1 aromatic heterocycles. The summed E-state index contributed by atoms with van der Waals surface area (Å²) in [6.45, 7) is 9.26. The van der Waals surface area contributed by atoms with Crippen molar-refractivity contribution in [1.82, 2.24) is 15.2 Å². The molecule has 0 spiro atoms. The van der Waals surface area contributed by atoms with Crippen molar-refractivity contribution in [2.75, 3.05) is 26.7 Å². The Morgan fingerprint density at radius 3 is 2.54 bits per heavy atom. The standard InChI is InChI=1S/C22H31N3O/c1-17-12-20(15-23-14-19-7-10-25(3)11-8-19)13-18(2)22(17)26-16-21-6-4-5-9-24-21/h4-6,9,12-13,19,23H,7-8,10-11,14-16H2,1-3H3. The minimum atomic E-state index is 0.510. The number of hydrogen-bond acceptors (Lipinski definition) is 4. The first-order valence-corrected chi connectivity index (χ1v) is 9.64. The van der Waals surface area contributed by atoms with Crippen molar-refractivity contribution in [2.45, 2.75) is 39.8 Å².